The van der Waals surface area contributed by atoms with Crippen LogP contribution in [0.3, 0.4) is 0 Å². The molecule has 0 radical (unpaired) electrons. The lowest BCUT2D eigenvalue weighted by molar-refractivity contribution is -0.0441. The SMILES string of the molecule is C1=C(c2ccc(C3OCCO3)cc2)CC2COCC1N2Cc1ccccc1. The molecule has 3 heterocycles. The molecule has 3 aliphatic heterocycles. The molecule has 2 aromatic rings. The van der Waals surface area contributed by atoms with Crippen molar-refractivity contribution >= 4 is 5.57 Å². The molecule has 4 nitrogen and oxygen atoms in total. The van der Waals surface area contributed by atoms with Crippen LogP contribution in [0.2, 0.25) is 0 Å². The molecule has 140 valence electrons. The smallest absolute Gasteiger partial charge is 0.184 e. The molecule has 0 aromatic heterocycles. The van der Waals surface area contributed by atoms with Crippen molar-refractivity contribution in [2.45, 2.75) is 31.3 Å². The van der Waals surface area contributed by atoms with Crippen LogP contribution < -0.4 is 0 Å². The lowest BCUT2D eigenvalue weighted by Gasteiger charge is -2.45. The molecule has 4 heteroatoms. The minimum Gasteiger partial charge on any atom is -0.378 e. The van der Waals surface area contributed by atoms with Crippen LogP contribution in [0.1, 0.15) is 29.4 Å². The van der Waals surface area contributed by atoms with Gasteiger partial charge in [-0.3, -0.25) is 4.90 Å². The first kappa shape index (κ1) is 17.1. The number of benzene rings is 2. The van der Waals surface area contributed by atoms with Crippen molar-refractivity contribution in [3.63, 3.8) is 0 Å². The Kier molecular flexibility index (Phi) is 4.80. The number of morpholine rings is 1. The van der Waals surface area contributed by atoms with Gasteiger partial charge in [-0.15, -0.1) is 0 Å². The minimum absolute atomic E-state index is 0.200. The lowest BCUT2D eigenvalue weighted by atomic mass is 9.89. The molecule has 5 rings (SSSR count). The van der Waals surface area contributed by atoms with Crippen molar-refractivity contribution in [1.82, 2.24) is 4.90 Å². The van der Waals surface area contributed by atoms with Crippen molar-refractivity contribution < 1.29 is 14.2 Å². The van der Waals surface area contributed by atoms with Gasteiger partial charge in [-0.2, -0.15) is 0 Å². The lowest BCUT2D eigenvalue weighted by Crippen LogP contribution is -2.53. The topological polar surface area (TPSA) is 30.9 Å². The Labute approximate surface area is 160 Å². The van der Waals surface area contributed by atoms with E-state index in [1.807, 2.05) is 0 Å². The van der Waals surface area contributed by atoms with E-state index in [1.54, 1.807) is 0 Å². The van der Waals surface area contributed by atoms with E-state index < -0.39 is 0 Å². The predicted octanol–water partition coefficient (Wildman–Crippen LogP) is 3.79. The van der Waals surface area contributed by atoms with Gasteiger partial charge in [0.2, 0.25) is 0 Å². The van der Waals surface area contributed by atoms with E-state index in [2.05, 4.69) is 65.6 Å². The van der Waals surface area contributed by atoms with Gasteiger partial charge in [0.05, 0.1) is 32.5 Å². The van der Waals surface area contributed by atoms with Crippen LogP contribution in [0.15, 0.2) is 60.7 Å². The summed E-state index contributed by atoms with van der Waals surface area (Å²) >= 11 is 0. The minimum atomic E-state index is -0.200. The molecule has 2 bridgehead atoms. The normalized spacial score (nSPS) is 26.1. The predicted molar refractivity (Wildman–Crippen MR) is 104 cm³/mol. The first-order valence-corrected chi connectivity index (χ1v) is 9.78. The third-order valence-electron chi connectivity index (χ3n) is 5.73. The highest BCUT2D eigenvalue weighted by Gasteiger charge is 2.34. The summed E-state index contributed by atoms with van der Waals surface area (Å²) in [7, 11) is 0. The zero-order valence-electron chi connectivity index (χ0n) is 15.4. The van der Waals surface area contributed by atoms with Gasteiger partial charge in [-0.25, -0.2) is 0 Å². The van der Waals surface area contributed by atoms with Crippen molar-refractivity contribution in [3.8, 4) is 0 Å². The number of ether oxygens (including phenoxy) is 3. The maximum atomic E-state index is 5.86. The highest BCUT2D eigenvalue weighted by atomic mass is 16.7. The van der Waals surface area contributed by atoms with Crippen molar-refractivity contribution in [1.29, 1.82) is 0 Å². The molecule has 2 atom stereocenters. The number of rotatable bonds is 4. The zero-order chi connectivity index (χ0) is 18.1. The second kappa shape index (κ2) is 7.56. The van der Waals surface area contributed by atoms with Gasteiger partial charge in [0, 0.05) is 18.2 Å². The van der Waals surface area contributed by atoms with Crippen LogP contribution in [0, 0.1) is 0 Å². The van der Waals surface area contributed by atoms with Crippen LogP contribution in [0.4, 0.5) is 0 Å². The van der Waals surface area contributed by atoms with Crippen molar-refractivity contribution in [2.24, 2.45) is 0 Å². The van der Waals surface area contributed by atoms with E-state index in [-0.39, 0.29) is 6.29 Å². The van der Waals surface area contributed by atoms with Crippen molar-refractivity contribution in [3.05, 3.63) is 77.4 Å². The monoisotopic (exact) mass is 363 g/mol. The van der Waals surface area contributed by atoms with Gasteiger partial charge < -0.3 is 14.2 Å². The summed E-state index contributed by atoms with van der Waals surface area (Å²) in [6, 6.07) is 20.2. The second-order valence-electron chi connectivity index (χ2n) is 7.51. The molecule has 2 fully saturated rings. The van der Waals surface area contributed by atoms with E-state index in [4.69, 9.17) is 14.2 Å². The highest BCUT2D eigenvalue weighted by Crippen LogP contribution is 2.34. The van der Waals surface area contributed by atoms with Crippen LogP contribution in [-0.2, 0) is 20.8 Å². The van der Waals surface area contributed by atoms with Gasteiger partial charge in [0.1, 0.15) is 0 Å². The van der Waals surface area contributed by atoms with E-state index >= 15 is 0 Å². The van der Waals surface area contributed by atoms with Crippen LogP contribution in [0.5, 0.6) is 0 Å². The standard InChI is InChI=1S/C23H25NO3/c1-2-4-17(5-3-1)14-24-21-12-20(13-22(24)16-25-15-21)18-6-8-19(9-7-18)23-26-10-11-27-23/h1-9,12,21-23H,10-11,13-16H2. The van der Waals surface area contributed by atoms with E-state index in [0.717, 1.165) is 31.7 Å². The van der Waals surface area contributed by atoms with Gasteiger partial charge in [-0.05, 0) is 23.1 Å². The first-order valence-electron chi connectivity index (χ1n) is 9.78. The summed E-state index contributed by atoms with van der Waals surface area (Å²) in [5.74, 6) is 0. The number of nitrogens with zero attached hydrogens (tertiary/aromatic N) is 1. The molecule has 3 aliphatic rings. The quantitative estimate of drug-likeness (QED) is 0.827. The summed E-state index contributed by atoms with van der Waals surface area (Å²) in [6.07, 6.45) is 3.23. The fourth-order valence-corrected chi connectivity index (χ4v) is 4.32. The summed E-state index contributed by atoms with van der Waals surface area (Å²) < 4.78 is 17.0. The Balaban J connectivity index is 1.35. The molecular formula is C23H25NO3. The molecule has 0 amide bonds. The average Bonchev–Trinajstić information content (AvgIpc) is 3.24. The summed E-state index contributed by atoms with van der Waals surface area (Å²) in [5, 5.41) is 0. The summed E-state index contributed by atoms with van der Waals surface area (Å²) in [5.41, 5.74) is 5.19. The van der Waals surface area contributed by atoms with Crippen molar-refractivity contribution in [2.75, 3.05) is 26.4 Å². The average molecular weight is 363 g/mol. The largest absolute Gasteiger partial charge is 0.378 e. The molecule has 0 N–H and O–H groups in total. The molecule has 27 heavy (non-hydrogen) atoms. The maximum absolute atomic E-state index is 5.86. The van der Waals surface area contributed by atoms with E-state index in [1.165, 1.54) is 16.7 Å². The molecule has 0 saturated carbocycles. The molecule has 0 aliphatic carbocycles. The van der Waals surface area contributed by atoms with E-state index in [9.17, 15) is 0 Å². The Morgan fingerprint density at radius 3 is 2.41 bits per heavy atom. The zero-order valence-corrected chi connectivity index (χ0v) is 15.4. The fraction of sp³-hybridized carbons (Fsp3) is 0.391. The first-order chi connectivity index (χ1) is 13.4. The Morgan fingerprint density at radius 2 is 1.67 bits per heavy atom. The summed E-state index contributed by atoms with van der Waals surface area (Å²) in [4.78, 5) is 2.59. The Hall–Kier alpha value is -1.98. The van der Waals surface area contributed by atoms with Crippen LogP contribution in [0.25, 0.3) is 5.57 Å². The van der Waals surface area contributed by atoms with Gasteiger partial charge in [0.15, 0.2) is 6.29 Å². The van der Waals surface area contributed by atoms with Crippen LogP contribution >= 0.6 is 0 Å². The fourth-order valence-electron chi connectivity index (χ4n) is 4.32. The number of hydrogen-bond donors (Lipinski definition) is 0. The third-order valence-corrected chi connectivity index (χ3v) is 5.73. The molecule has 0 spiro atoms. The van der Waals surface area contributed by atoms with Gasteiger partial charge in [0.25, 0.3) is 0 Å². The highest BCUT2D eigenvalue weighted by molar-refractivity contribution is 5.68. The third kappa shape index (κ3) is 3.58. The second-order valence-corrected chi connectivity index (χ2v) is 7.51. The van der Waals surface area contributed by atoms with Gasteiger partial charge in [-0.1, -0.05) is 60.7 Å². The summed E-state index contributed by atoms with van der Waals surface area (Å²) in [6.45, 7) is 3.92. The van der Waals surface area contributed by atoms with Gasteiger partial charge >= 0.3 is 0 Å². The molecular weight excluding hydrogens is 338 g/mol. The maximum Gasteiger partial charge on any atom is 0.184 e. The molecule has 2 saturated heterocycles. The number of hydrogen-bond acceptors (Lipinski definition) is 4. The Morgan fingerprint density at radius 1 is 0.889 bits per heavy atom. The molecule has 2 aromatic carbocycles. The van der Waals surface area contributed by atoms with E-state index in [0.29, 0.717) is 25.3 Å². The Bertz CT molecular complexity index is 796. The number of fused-ring (bicyclic) bond motifs is 2. The van der Waals surface area contributed by atoms with Crippen LogP contribution in [-0.4, -0.2) is 43.4 Å². The molecule has 2 unspecified atom stereocenters.